The van der Waals surface area contributed by atoms with E-state index in [1.807, 2.05) is 0 Å². The molecule has 1 aromatic rings. The molecular weight excluding hydrogens is 395 g/mol. The van der Waals surface area contributed by atoms with E-state index in [0.717, 1.165) is 0 Å². The molecule has 0 saturated heterocycles. The third-order valence-electron chi connectivity index (χ3n) is 1.84. The van der Waals surface area contributed by atoms with Gasteiger partial charge in [-0.25, -0.2) is 13.7 Å². The van der Waals surface area contributed by atoms with E-state index < -0.39 is 30.1 Å². The number of phosphoric ester groups is 1. The smallest absolute Gasteiger partial charge is 0.466 e. The lowest BCUT2D eigenvalue weighted by atomic mass is 10.5. The molecule has 16 heteroatoms. The molecule has 0 amide bonds. The summed E-state index contributed by atoms with van der Waals surface area (Å²) in [5.41, 5.74) is 0. The Kier molecular flexibility index (Phi) is 8.13. The Bertz CT molecular complexity index is 647. The van der Waals surface area contributed by atoms with Gasteiger partial charge in [0.2, 0.25) is 0 Å². The van der Waals surface area contributed by atoms with Gasteiger partial charge in [-0.2, -0.15) is 8.62 Å². The molecule has 24 heavy (non-hydrogen) atoms. The molecule has 1 rings (SSSR count). The quantitative estimate of drug-likeness (QED) is 0.228. The fraction of sp³-hybridized carbons (Fsp3) is 0.375. The SMILES string of the molecule is O=P(O)(O)OP(=O)(O)OP(=O)(O)OCCOCOc1cccnc1. The Morgan fingerprint density at radius 2 is 1.71 bits per heavy atom. The maximum absolute atomic E-state index is 11.3. The highest BCUT2D eigenvalue weighted by Crippen LogP contribution is 2.66. The van der Waals surface area contributed by atoms with Crippen molar-refractivity contribution in [3.05, 3.63) is 24.5 Å². The number of phosphoric acid groups is 3. The Morgan fingerprint density at radius 1 is 1.00 bits per heavy atom. The minimum atomic E-state index is -5.51. The van der Waals surface area contributed by atoms with E-state index in [1.165, 1.54) is 12.4 Å². The lowest BCUT2D eigenvalue weighted by Crippen LogP contribution is -2.09. The minimum absolute atomic E-state index is 0.231. The molecule has 1 aromatic heterocycles. The van der Waals surface area contributed by atoms with Crippen LogP contribution in [0.4, 0.5) is 0 Å². The van der Waals surface area contributed by atoms with E-state index >= 15 is 0 Å². The van der Waals surface area contributed by atoms with Crippen molar-refractivity contribution in [3.8, 4) is 5.75 Å². The predicted molar refractivity (Wildman–Crippen MR) is 75.5 cm³/mol. The summed E-state index contributed by atoms with van der Waals surface area (Å²) in [5, 5.41) is 0. The summed E-state index contributed by atoms with van der Waals surface area (Å²) in [6.45, 7) is -1.05. The molecule has 2 unspecified atom stereocenters. The summed E-state index contributed by atoms with van der Waals surface area (Å²) in [7, 11) is -16.0. The van der Waals surface area contributed by atoms with Crippen LogP contribution in [0, 0.1) is 0 Å². The van der Waals surface area contributed by atoms with Gasteiger partial charge in [0.1, 0.15) is 5.75 Å². The van der Waals surface area contributed by atoms with Crippen LogP contribution in [0.1, 0.15) is 0 Å². The highest BCUT2D eigenvalue weighted by molar-refractivity contribution is 7.66. The fourth-order valence-electron chi connectivity index (χ4n) is 1.12. The molecule has 0 aliphatic carbocycles. The summed E-state index contributed by atoms with van der Waals surface area (Å²) >= 11 is 0. The van der Waals surface area contributed by atoms with Crippen LogP contribution in [0.25, 0.3) is 0 Å². The monoisotopic (exact) mass is 409 g/mol. The number of ether oxygens (including phenoxy) is 2. The zero-order valence-electron chi connectivity index (χ0n) is 11.8. The first-order chi connectivity index (χ1) is 11.0. The molecule has 0 fully saturated rings. The van der Waals surface area contributed by atoms with Gasteiger partial charge in [-0.05, 0) is 12.1 Å². The van der Waals surface area contributed by atoms with Crippen LogP contribution in [0.5, 0.6) is 5.75 Å². The van der Waals surface area contributed by atoms with Gasteiger partial charge in [0.05, 0.1) is 19.4 Å². The van der Waals surface area contributed by atoms with E-state index in [-0.39, 0.29) is 13.4 Å². The topological polar surface area (TPSA) is 191 Å². The average Bonchev–Trinajstić information content (AvgIpc) is 2.39. The van der Waals surface area contributed by atoms with Gasteiger partial charge in [-0.15, -0.1) is 0 Å². The third kappa shape index (κ3) is 10.2. The van der Waals surface area contributed by atoms with Crippen LogP contribution in [0.2, 0.25) is 0 Å². The molecule has 138 valence electrons. The van der Waals surface area contributed by atoms with E-state index in [9.17, 15) is 13.7 Å². The normalized spacial score (nSPS) is 17.0. The van der Waals surface area contributed by atoms with Crippen LogP contribution >= 0.6 is 23.5 Å². The molecule has 0 radical (unpaired) electrons. The van der Waals surface area contributed by atoms with Crippen LogP contribution in [0.15, 0.2) is 24.5 Å². The molecule has 0 aliphatic rings. The van der Waals surface area contributed by atoms with E-state index in [2.05, 4.69) is 18.1 Å². The number of aromatic nitrogens is 1. The standard InChI is InChI=1S/C8H14NO12P3/c10-22(11,12)20-24(15,16)21-23(13,14)19-5-4-17-7-18-8-2-1-3-9-6-8/h1-3,6H,4-5,7H2,(H,13,14)(H,15,16)(H2,10,11,12). The van der Waals surface area contributed by atoms with Crippen molar-refractivity contribution in [1.82, 2.24) is 4.98 Å². The lowest BCUT2D eigenvalue weighted by molar-refractivity contribution is -0.00149. The van der Waals surface area contributed by atoms with Gasteiger partial charge in [-0.1, -0.05) is 0 Å². The Hall–Kier alpha value is -0.680. The van der Waals surface area contributed by atoms with Crippen molar-refractivity contribution >= 4 is 23.5 Å². The second-order valence-corrected chi connectivity index (χ2v) is 8.20. The van der Waals surface area contributed by atoms with Gasteiger partial charge in [0.25, 0.3) is 0 Å². The van der Waals surface area contributed by atoms with Gasteiger partial charge < -0.3 is 29.0 Å². The van der Waals surface area contributed by atoms with Crippen molar-refractivity contribution in [2.24, 2.45) is 0 Å². The van der Waals surface area contributed by atoms with Crippen LogP contribution in [-0.2, 0) is 31.6 Å². The zero-order chi connectivity index (χ0) is 18.3. The zero-order valence-corrected chi connectivity index (χ0v) is 14.5. The highest BCUT2D eigenvalue weighted by Gasteiger charge is 2.40. The second kappa shape index (κ2) is 9.14. The molecule has 13 nitrogen and oxygen atoms in total. The first-order valence-corrected chi connectivity index (χ1v) is 10.4. The molecule has 0 spiro atoms. The Morgan fingerprint density at radius 3 is 2.29 bits per heavy atom. The molecular formula is C8H14NO12P3. The Labute approximate surface area is 135 Å². The van der Waals surface area contributed by atoms with Gasteiger partial charge >= 0.3 is 23.5 Å². The summed E-state index contributed by atoms with van der Waals surface area (Å²) in [6.07, 6.45) is 2.96. The molecule has 4 N–H and O–H groups in total. The van der Waals surface area contributed by atoms with Crippen LogP contribution in [0.3, 0.4) is 0 Å². The molecule has 2 atom stereocenters. The highest BCUT2D eigenvalue weighted by atomic mass is 31.3. The number of hydrogen-bond acceptors (Lipinski definition) is 9. The molecule has 0 aliphatic heterocycles. The molecule has 0 bridgehead atoms. The summed E-state index contributed by atoms with van der Waals surface area (Å²) in [5.74, 6) is 0.422. The first-order valence-electron chi connectivity index (χ1n) is 5.88. The second-order valence-electron chi connectivity index (χ2n) is 3.78. The van der Waals surface area contributed by atoms with Crippen molar-refractivity contribution in [2.45, 2.75) is 0 Å². The molecule has 0 saturated carbocycles. The van der Waals surface area contributed by atoms with Gasteiger partial charge in [0, 0.05) is 6.20 Å². The van der Waals surface area contributed by atoms with Gasteiger partial charge in [0.15, 0.2) is 6.79 Å². The number of pyridine rings is 1. The van der Waals surface area contributed by atoms with Crippen molar-refractivity contribution in [2.75, 3.05) is 20.0 Å². The summed E-state index contributed by atoms with van der Waals surface area (Å²) in [6, 6.07) is 3.24. The van der Waals surface area contributed by atoms with E-state index in [1.54, 1.807) is 12.1 Å². The van der Waals surface area contributed by atoms with Gasteiger partial charge in [-0.3, -0.25) is 9.51 Å². The summed E-state index contributed by atoms with van der Waals surface area (Å²) < 4.78 is 54.0. The predicted octanol–water partition coefficient (Wildman–Crippen LogP) is 0.778. The minimum Gasteiger partial charge on any atom is -0.466 e. The van der Waals surface area contributed by atoms with E-state index in [4.69, 9.17) is 29.0 Å². The van der Waals surface area contributed by atoms with Crippen LogP contribution < -0.4 is 4.74 Å². The molecule has 0 aromatic carbocycles. The Balaban J connectivity index is 2.26. The fourth-order valence-corrected chi connectivity index (χ4v) is 4.12. The maximum atomic E-state index is 11.3. The maximum Gasteiger partial charge on any atom is 0.490 e. The number of nitrogens with zero attached hydrogens (tertiary/aromatic N) is 1. The first kappa shape index (κ1) is 21.4. The van der Waals surface area contributed by atoms with Crippen LogP contribution in [-0.4, -0.2) is 44.6 Å². The largest absolute Gasteiger partial charge is 0.490 e. The third-order valence-corrected chi connectivity index (χ3v) is 5.68. The van der Waals surface area contributed by atoms with Crippen molar-refractivity contribution < 1.29 is 55.9 Å². The average molecular weight is 409 g/mol. The summed E-state index contributed by atoms with van der Waals surface area (Å²) in [4.78, 5) is 38.5. The van der Waals surface area contributed by atoms with Crippen molar-refractivity contribution in [1.29, 1.82) is 0 Å². The van der Waals surface area contributed by atoms with Crippen molar-refractivity contribution in [3.63, 3.8) is 0 Å². The number of hydrogen-bond donors (Lipinski definition) is 4. The lowest BCUT2D eigenvalue weighted by Gasteiger charge is -2.16. The number of rotatable bonds is 11. The van der Waals surface area contributed by atoms with E-state index in [0.29, 0.717) is 5.75 Å². The molecule has 1 heterocycles.